The van der Waals surface area contributed by atoms with E-state index < -0.39 is 0 Å². The summed E-state index contributed by atoms with van der Waals surface area (Å²) in [6, 6.07) is 8.92. The van der Waals surface area contributed by atoms with Crippen LogP contribution in [0.25, 0.3) is 0 Å². The molecule has 1 fully saturated rings. The average molecular weight is 348 g/mol. The molecular formula is C19H26ClN3O. The van der Waals surface area contributed by atoms with E-state index in [0.29, 0.717) is 12.6 Å². The van der Waals surface area contributed by atoms with Gasteiger partial charge in [-0.2, -0.15) is 5.10 Å². The number of nitrogens with zero attached hydrogens (tertiary/aromatic N) is 2. The molecule has 0 unspecified atom stereocenters. The number of rotatable bonds is 5. The highest BCUT2D eigenvalue weighted by molar-refractivity contribution is 6.30. The van der Waals surface area contributed by atoms with Gasteiger partial charge in [0.1, 0.15) is 5.15 Å². The summed E-state index contributed by atoms with van der Waals surface area (Å²) in [4.78, 5) is 0. The molecule has 5 heteroatoms. The first-order chi connectivity index (χ1) is 11.5. The number of aliphatic hydroxyl groups is 1. The molecule has 24 heavy (non-hydrogen) atoms. The van der Waals surface area contributed by atoms with Crippen LogP contribution in [0.4, 0.5) is 0 Å². The van der Waals surface area contributed by atoms with Crippen molar-refractivity contribution in [2.24, 2.45) is 0 Å². The van der Waals surface area contributed by atoms with E-state index in [1.165, 1.54) is 11.1 Å². The molecule has 1 aliphatic rings. The van der Waals surface area contributed by atoms with Crippen LogP contribution >= 0.6 is 11.6 Å². The van der Waals surface area contributed by atoms with Crippen molar-refractivity contribution in [1.29, 1.82) is 0 Å². The lowest BCUT2D eigenvalue weighted by Crippen LogP contribution is -2.34. The molecule has 1 heterocycles. The van der Waals surface area contributed by atoms with Gasteiger partial charge in [0, 0.05) is 18.2 Å². The zero-order valence-electron chi connectivity index (χ0n) is 14.4. The van der Waals surface area contributed by atoms with E-state index >= 15 is 0 Å². The molecule has 0 saturated heterocycles. The van der Waals surface area contributed by atoms with Crippen LogP contribution in [0.2, 0.25) is 5.15 Å². The summed E-state index contributed by atoms with van der Waals surface area (Å²) in [6.45, 7) is 5.52. The molecule has 0 spiro atoms. The summed E-state index contributed by atoms with van der Waals surface area (Å²) in [7, 11) is 0. The van der Waals surface area contributed by atoms with Crippen LogP contribution in [0.3, 0.4) is 0 Å². The SMILES string of the molecule is Cc1ccc(Cn2nc(C)c(CNC3CCC(O)CC3)c2Cl)cc1. The van der Waals surface area contributed by atoms with Crippen LogP contribution in [0.5, 0.6) is 0 Å². The average Bonchev–Trinajstić information content (AvgIpc) is 2.83. The van der Waals surface area contributed by atoms with E-state index in [1.54, 1.807) is 0 Å². The molecule has 1 aromatic heterocycles. The molecule has 4 nitrogen and oxygen atoms in total. The Labute approximate surface area is 148 Å². The van der Waals surface area contributed by atoms with Crippen molar-refractivity contribution in [3.63, 3.8) is 0 Å². The van der Waals surface area contributed by atoms with Gasteiger partial charge in [-0.05, 0) is 45.1 Å². The van der Waals surface area contributed by atoms with Gasteiger partial charge in [0.25, 0.3) is 0 Å². The maximum Gasteiger partial charge on any atom is 0.132 e. The Morgan fingerprint density at radius 1 is 1.17 bits per heavy atom. The third kappa shape index (κ3) is 4.18. The van der Waals surface area contributed by atoms with E-state index in [2.05, 4.69) is 41.6 Å². The van der Waals surface area contributed by atoms with Crippen molar-refractivity contribution in [2.75, 3.05) is 0 Å². The number of halogens is 1. The van der Waals surface area contributed by atoms with Crippen LogP contribution in [0.1, 0.15) is 48.1 Å². The van der Waals surface area contributed by atoms with Gasteiger partial charge in [0.15, 0.2) is 0 Å². The number of aromatic nitrogens is 2. The third-order valence-electron chi connectivity index (χ3n) is 4.90. The predicted octanol–water partition coefficient (Wildman–Crippen LogP) is 3.59. The van der Waals surface area contributed by atoms with E-state index in [4.69, 9.17) is 11.6 Å². The first-order valence-corrected chi connectivity index (χ1v) is 9.09. The van der Waals surface area contributed by atoms with E-state index in [9.17, 15) is 5.11 Å². The summed E-state index contributed by atoms with van der Waals surface area (Å²) in [6.07, 6.45) is 3.70. The molecule has 130 valence electrons. The molecule has 2 aromatic rings. The van der Waals surface area contributed by atoms with Gasteiger partial charge in [-0.25, -0.2) is 4.68 Å². The minimum Gasteiger partial charge on any atom is -0.393 e. The maximum absolute atomic E-state index is 9.60. The summed E-state index contributed by atoms with van der Waals surface area (Å²) < 4.78 is 1.88. The Kier molecular flexibility index (Phi) is 5.59. The van der Waals surface area contributed by atoms with Crippen molar-refractivity contribution in [3.8, 4) is 0 Å². The van der Waals surface area contributed by atoms with Crippen molar-refractivity contribution in [1.82, 2.24) is 15.1 Å². The van der Waals surface area contributed by atoms with Crippen LogP contribution in [-0.2, 0) is 13.1 Å². The standard InChI is InChI=1S/C19H26ClN3O/c1-13-3-5-15(6-4-13)12-23-19(20)18(14(2)22-23)11-21-16-7-9-17(24)10-8-16/h3-6,16-17,21,24H,7-12H2,1-2H3. The van der Waals surface area contributed by atoms with Crippen molar-refractivity contribution in [2.45, 2.75) is 64.8 Å². The molecule has 1 aromatic carbocycles. The van der Waals surface area contributed by atoms with Gasteiger partial charge in [0.2, 0.25) is 0 Å². The van der Waals surface area contributed by atoms with E-state index in [-0.39, 0.29) is 6.10 Å². The summed E-state index contributed by atoms with van der Waals surface area (Å²) >= 11 is 6.57. The van der Waals surface area contributed by atoms with Crippen molar-refractivity contribution in [3.05, 3.63) is 51.8 Å². The predicted molar refractivity (Wildman–Crippen MR) is 97.4 cm³/mol. The number of nitrogens with one attached hydrogen (secondary N) is 1. The second-order valence-electron chi connectivity index (χ2n) is 6.88. The second kappa shape index (κ2) is 7.68. The molecule has 0 aliphatic heterocycles. The second-order valence-corrected chi connectivity index (χ2v) is 7.24. The minimum atomic E-state index is -0.120. The van der Waals surface area contributed by atoms with Crippen LogP contribution in [0.15, 0.2) is 24.3 Å². The van der Waals surface area contributed by atoms with Crippen LogP contribution in [0, 0.1) is 13.8 Å². The fourth-order valence-electron chi connectivity index (χ4n) is 3.29. The first-order valence-electron chi connectivity index (χ1n) is 8.71. The smallest absolute Gasteiger partial charge is 0.132 e. The molecule has 0 radical (unpaired) electrons. The van der Waals surface area contributed by atoms with Crippen molar-refractivity contribution < 1.29 is 5.11 Å². The monoisotopic (exact) mass is 347 g/mol. The zero-order chi connectivity index (χ0) is 17.1. The van der Waals surface area contributed by atoms with E-state index in [0.717, 1.165) is 48.6 Å². The lowest BCUT2D eigenvalue weighted by atomic mass is 9.93. The molecule has 1 saturated carbocycles. The van der Waals surface area contributed by atoms with Gasteiger partial charge >= 0.3 is 0 Å². The van der Waals surface area contributed by atoms with Gasteiger partial charge in [-0.3, -0.25) is 0 Å². The molecule has 2 N–H and O–H groups in total. The Morgan fingerprint density at radius 2 is 1.83 bits per heavy atom. The Bertz CT molecular complexity index is 673. The highest BCUT2D eigenvalue weighted by Crippen LogP contribution is 2.23. The van der Waals surface area contributed by atoms with Gasteiger partial charge in [0.05, 0.1) is 18.3 Å². The van der Waals surface area contributed by atoms with Crippen molar-refractivity contribution >= 4 is 11.6 Å². The van der Waals surface area contributed by atoms with Gasteiger partial charge in [-0.1, -0.05) is 41.4 Å². The minimum absolute atomic E-state index is 0.120. The number of hydrogen-bond acceptors (Lipinski definition) is 3. The molecular weight excluding hydrogens is 322 g/mol. The maximum atomic E-state index is 9.60. The number of aryl methyl sites for hydroxylation is 2. The van der Waals surface area contributed by atoms with E-state index in [1.807, 2.05) is 11.6 Å². The summed E-state index contributed by atoms with van der Waals surface area (Å²) in [5, 5.41) is 18.5. The molecule has 0 amide bonds. The topological polar surface area (TPSA) is 50.1 Å². The Hall–Kier alpha value is -1.36. The fraction of sp³-hybridized carbons (Fsp3) is 0.526. The fourth-order valence-corrected chi connectivity index (χ4v) is 3.59. The molecule has 1 aliphatic carbocycles. The number of aliphatic hydroxyl groups excluding tert-OH is 1. The largest absolute Gasteiger partial charge is 0.393 e. The Balaban J connectivity index is 1.64. The highest BCUT2D eigenvalue weighted by Gasteiger charge is 2.20. The van der Waals surface area contributed by atoms with Crippen LogP contribution < -0.4 is 5.32 Å². The molecule has 0 atom stereocenters. The zero-order valence-corrected chi connectivity index (χ0v) is 15.2. The molecule has 0 bridgehead atoms. The van der Waals surface area contributed by atoms with Gasteiger partial charge in [-0.15, -0.1) is 0 Å². The quantitative estimate of drug-likeness (QED) is 0.869. The first kappa shape index (κ1) is 17.5. The summed E-state index contributed by atoms with van der Waals surface area (Å²) in [5.74, 6) is 0. The Morgan fingerprint density at radius 3 is 2.50 bits per heavy atom. The normalized spacial score (nSPS) is 21.2. The van der Waals surface area contributed by atoms with Crippen LogP contribution in [-0.4, -0.2) is 27.0 Å². The lowest BCUT2D eigenvalue weighted by Gasteiger charge is -2.26. The highest BCUT2D eigenvalue weighted by atomic mass is 35.5. The number of hydrogen-bond donors (Lipinski definition) is 2. The third-order valence-corrected chi connectivity index (χ3v) is 5.32. The molecule has 3 rings (SSSR count). The number of benzene rings is 1. The van der Waals surface area contributed by atoms with Gasteiger partial charge < -0.3 is 10.4 Å². The summed E-state index contributed by atoms with van der Waals surface area (Å²) in [5.41, 5.74) is 4.51. The lowest BCUT2D eigenvalue weighted by molar-refractivity contribution is 0.116.